The second-order valence-corrected chi connectivity index (χ2v) is 4.39. The maximum atomic E-state index is 12.2. The highest BCUT2D eigenvalue weighted by molar-refractivity contribution is 5.96. The van der Waals surface area contributed by atoms with E-state index in [1.54, 1.807) is 30.8 Å². The van der Waals surface area contributed by atoms with Gasteiger partial charge >= 0.3 is 0 Å². The van der Waals surface area contributed by atoms with Crippen LogP contribution in [0, 0.1) is 13.8 Å². The molecule has 0 aliphatic rings. The number of rotatable bonds is 4. The molecular formula is C13H17N3O3. The number of aliphatic hydroxyl groups is 1. The third-order valence-corrected chi connectivity index (χ3v) is 3.11. The summed E-state index contributed by atoms with van der Waals surface area (Å²) in [5.41, 5.74) is 1.98. The van der Waals surface area contributed by atoms with Gasteiger partial charge in [-0.1, -0.05) is 0 Å². The van der Waals surface area contributed by atoms with Crippen molar-refractivity contribution in [3.8, 4) is 0 Å². The minimum atomic E-state index is -0.554. The quantitative estimate of drug-likeness (QED) is 0.865. The highest BCUT2D eigenvalue weighted by Gasteiger charge is 2.22. The van der Waals surface area contributed by atoms with Gasteiger partial charge in [-0.15, -0.1) is 0 Å². The topological polar surface area (TPSA) is 80.3 Å². The first-order valence-electron chi connectivity index (χ1n) is 6.00. The molecule has 0 saturated carbocycles. The number of hydrogen-bond acceptors (Lipinski definition) is 4. The predicted octanol–water partition coefficient (Wildman–Crippen LogP) is 1.09. The van der Waals surface area contributed by atoms with Gasteiger partial charge in [0.25, 0.3) is 5.91 Å². The SMILES string of the molecule is Cc1nn(C)c(C)c1C(=O)NC(CO)c1ccco1. The smallest absolute Gasteiger partial charge is 0.255 e. The molecule has 2 heterocycles. The third-order valence-electron chi connectivity index (χ3n) is 3.11. The maximum Gasteiger partial charge on any atom is 0.255 e. The molecule has 1 amide bonds. The molecule has 0 spiro atoms. The number of carbonyl (C=O) groups excluding carboxylic acids is 1. The lowest BCUT2D eigenvalue weighted by Crippen LogP contribution is -2.31. The zero-order valence-corrected chi connectivity index (χ0v) is 11.2. The lowest BCUT2D eigenvalue weighted by atomic mass is 10.1. The molecule has 0 aliphatic carbocycles. The lowest BCUT2D eigenvalue weighted by Gasteiger charge is -2.14. The van der Waals surface area contributed by atoms with Crippen molar-refractivity contribution in [2.75, 3.05) is 6.61 Å². The Morgan fingerprint density at radius 3 is 2.79 bits per heavy atom. The van der Waals surface area contributed by atoms with E-state index in [1.165, 1.54) is 6.26 Å². The summed E-state index contributed by atoms with van der Waals surface area (Å²) in [5.74, 6) is 0.258. The van der Waals surface area contributed by atoms with Gasteiger partial charge in [0.1, 0.15) is 11.8 Å². The number of carbonyl (C=O) groups is 1. The number of hydrogen-bond donors (Lipinski definition) is 2. The fourth-order valence-corrected chi connectivity index (χ4v) is 2.03. The molecule has 0 bridgehead atoms. The highest BCUT2D eigenvalue weighted by atomic mass is 16.3. The molecule has 0 fully saturated rings. The van der Waals surface area contributed by atoms with Crippen molar-refractivity contribution in [2.45, 2.75) is 19.9 Å². The predicted molar refractivity (Wildman–Crippen MR) is 68.7 cm³/mol. The van der Waals surface area contributed by atoms with Gasteiger partial charge in [0.05, 0.1) is 24.1 Å². The van der Waals surface area contributed by atoms with Crippen LogP contribution in [0.5, 0.6) is 0 Å². The second kappa shape index (κ2) is 5.27. The fraction of sp³-hybridized carbons (Fsp3) is 0.385. The standard InChI is InChI=1S/C13H17N3O3/c1-8-12(9(2)16(3)15-8)13(18)14-10(7-17)11-5-4-6-19-11/h4-6,10,17H,7H2,1-3H3,(H,14,18). The molecule has 2 aromatic heterocycles. The summed E-state index contributed by atoms with van der Waals surface area (Å²) in [6, 6.07) is 2.87. The molecule has 6 nitrogen and oxygen atoms in total. The van der Waals surface area contributed by atoms with Crippen molar-refractivity contribution in [1.82, 2.24) is 15.1 Å². The fourth-order valence-electron chi connectivity index (χ4n) is 2.03. The maximum absolute atomic E-state index is 12.2. The first-order valence-corrected chi connectivity index (χ1v) is 6.00. The van der Waals surface area contributed by atoms with E-state index >= 15 is 0 Å². The molecule has 19 heavy (non-hydrogen) atoms. The number of nitrogens with one attached hydrogen (secondary N) is 1. The minimum Gasteiger partial charge on any atom is -0.467 e. The van der Waals surface area contributed by atoms with Crippen LogP contribution in [0.3, 0.4) is 0 Å². The van der Waals surface area contributed by atoms with Crippen molar-refractivity contribution < 1.29 is 14.3 Å². The van der Waals surface area contributed by atoms with E-state index in [0.29, 0.717) is 17.0 Å². The Balaban J connectivity index is 2.21. The molecule has 2 N–H and O–H groups in total. The van der Waals surface area contributed by atoms with Gasteiger partial charge < -0.3 is 14.8 Å². The lowest BCUT2D eigenvalue weighted by molar-refractivity contribution is 0.0906. The average Bonchev–Trinajstić information content (AvgIpc) is 2.96. The van der Waals surface area contributed by atoms with Crippen LogP contribution in [0.15, 0.2) is 22.8 Å². The summed E-state index contributed by atoms with van der Waals surface area (Å²) in [6.07, 6.45) is 1.50. The highest BCUT2D eigenvalue weighted by Crippen LogP contribution is 2.16. The molecule has 0 saturated heterocycles. The van der Waals surface area contributed by atoms with Crippen LogP contribution in [-0.2, 0) is 7.05 Å². The molecule has 1 unspecified atom stereocenters. The zero-order valence-electron chi connectivity index (χ0n) is 11.2. The molecule has 6 heteroatoms. The van der Waals surface area contributed by atoms with Gasteiger partial charge in [-0.25, -0.2) is 0 Å². The summed E-state index contributed by atoms with van der Waals surface area (Å²) in [6.45, 7) is 3.39. The second-order valence-electron chi connectivity index (χ2n) is 4.39. The van der Waals surface area contributed by atoms with E-state index in [1.807, 2.05) is 6.92 Å². The van der Waals surface area contributed by atoms with Crippen LogP contribution in [0.1, 0.15) is 33.5 Å². The van der Waals surface area contributed by atoms with Crippen molar-refractivity contribution in [1.29, 1.82) is 0 Å². The Morgan fingerprint density at radius 1 is 1.58 bits per heavy atom. The number of amides is 1. The van der Waals surface area contributed by atoms with Crippen LogP contribution in [-0.4, -0.2) is 27.4 Å². The van der Waals surface area contributed by atoms with Gasteiger partial charge in [0.2, 0.25) is 0 Å². The van der Waals surface area contributed by atoms with Crippen molar-refractivity contribution >= 4 is 5.91 Å². The molecule has 102 valence electrons. The van der Waals surface area contributed by atoms with Crippen LogP contribution >= 0.6 is 0 Å². The van der Waals surface area contributed by atoms with E-state index in [9.17, 15) is 9.90 Å². The molecule has 0 radical (unpaired) electrons. The molecule has 2 aromatic rings. The summed E-state index contributed by atoms with van der Waals surface area (Å²) in [7, 11) is 1.79. The molecule has 0 aromatic carbocycles. The van der Waals surface area contributed by atoms with Gasteiger partial charge in [0.15, 0.2) is 0 Å². The van der Waals surface area contributed by atoms with Gasteiger partial charge in [-0.05, 0) is 26.0 Å². The Morgan fingerprint density at radius 2 is 2.32 bits per heavy atom. The third kappa shape index (κ3) is 2.53. The summed E-state index contributed by atoms with van der Waals surface area (Å²) >= 11 is 0. The minimum absolute atomic E-state index is 0.225. The van der Waals surface area contributed by atoms with Crippen LogP contribution in [0.4, 0.5) is 0 Å². The Labute approximate surface area is 111 Å². The number of aromatic nitrogens is 2. The number of aliphatic hydroxyl groups excluding tert-OH is 1. The van der Waals surface area contributed by atoms with E-state index in [0.717, 1.165) is 5.69 Å². The first-order chi connectivity index (χ1) is 9.04. The Bertz CT molecular complexity index is 572. The largest absolute Gasteiger partial charge is 0.467 e. The molecule has 2 rings (SSSR count). The molecule has 0 aliphatic heterocycles. The monoisotopic (exact) mass is 263 g/mol. The van der Waals surface area contributed by atoms with Gasteiger partial charge in [-0.3, -0.25) is 9.48 Å². The molecule has 1 atom stereocenters. The van der Waals surface area contributed by atoms with Crippen LogP contribution in [0.25, 0.3) is 0 Å². The number of nitrogens with zero attached hydrogens (tertiary/aromatic N) is 2. The Hall–Kier alpha value is -2.08. The van der Waals surface area contributed by atoms with Crippen LogP contribution < -0.4 is 5.32 Å². The van der Waals surface area contributed by atoms with Crippen molar-refractivity contribution in [3.63, 3.8) is 0 Å². The van der Waals surface area contributed by atoms with Gasteiger partial charge in [0, 0.05) is 12.7 Å². The summed E-state index contributed by atoms with van der Waals surface area (Å²) in [5, 5.41) is 16.3. The molecular weight excluding hydrogens is 246 g/mol. The average molecular weight is 263 g/mol. The zero-order chi connectivity index (χ0) is 14.0. The first kappa shape index (κ1) is 13.4. The van der Waals surface area contributed by atoms with E-state index in [2.05, 4.69) is 10.4 Å². The van der Waals surface area contributed by atoms with E-state index < -0.39 is 6.04 Å². The van der Waals surface area contributed by atoms with E-state index in [-0.39, 0.29) is 12.5 Å². The normalized spacial score (nSPS) is 12.4. The Kier molecular flexibility index (Phi) is 3.71. The van der Waals surface area contributed by atoms with Crippen molar-refractivity contribution in [3.05, 3.63) is 41.1 Å². The number of aryl methyl sites for hydroxylation is 2. The summed E-state index contributed by atoms with van der Waals surface area (Å²) < 4.78 is 6.85. The van der Waals surface area contributed by atoms with Gasteiger partial charge in [-0.2, -0.15) is 5.10 Å². The van der Waals surface area contributed by atoms with E-state index in [4.69, 9.17) is 4.42 Å². The number of furan rings is 1. The summed E-state index contributed by atoms with van der Waals surface area (Å²) in [4.78, 5) is 12.2. The van der Waals surface area contributed by atoms with Crippen LogP contribution in [0.2, 0.25) is 0 Å². The van der Waals surface area contributed by atoms with Crippen molar-refractivity contribution in [2.24, 2.45) is 7.05 Å².